The van der Waals surface area contributed by atoms with E-state index in [1.807, 2.05) is 19.9 Å². The molecule has 0 bridgehead atoms. The number of aryl methyl sites for hydroxylation is 2. The van der Waals surface area contributed by atoms with Crippen molar-refractivity contribution in [1.29, 1.82) is 0 Å². The molecular weight excluding hydrogens is 336 g/mol. The number of methoxy groups -OCH3 is 3. The zero-order valence-corrected chi connectivity index (χ0v) is 15.3. The van der Waals surface area contributed by atoms with Crippen LogP contribution < -0.4 is 19.5 Å². The third-order valence-corrected chi connectivity index (χ3v) is 3.88. The zero-order chi connectivity index (χ0) is 18.8. The van der Waals surface area contributed by atoms with Crippen molar-refractivity contribution in [3.63, 3.8) is 0 Å². The highest BCUT2D eigenvalue weighted by molar-refractivity contribution is 6.03. The first-order chi connectivity index (χ1) is 12.5. The molecule has 0 saturated carbocycles. The van der Waals surface area contributed by atoms with Crippen molar-refractivity contribution < 1.29 is 19.0 Å². The molecule has 1 aromatic carbocycles. The van der Waals surface area contributed by atoms with Crippen LogP contribution in [0.5, 0.6) is 17.2 Å². The van der Waals surface area contributed by atoms with Gasteiger partial charge in [-0.3, -0.25) is 4.79 Å². The number of amides is 1. The molecule has 8 heteroatoms. The molecule has 0 radical (unpaired) electrons. The minimum atomic E-state index is -0.344. The summed E-state index contributed by atoms with van der Waals surface area (Å²) in [4.78, 5) is 17.0. The van der Waals surface area contributed by atoms with Crippen molar-refractivity contribution in [3.05, 3.63) is 41.3 Å². The predicted molar refractivity (Wildman–Crippen MR) is 96.5 cm³/mol. The van der Waals surface area contributed by atoms with Gasteiger partial charge in [-0.1, -0.05) is 0 Å². The van der Waals surface area contributed by atoms with Gasteiger partial charge in [0.25, 0.3) is 5.91 Å². The van der Waals surface area contributed by atoms with Gasteiger partial charge in [-0.2, -0.15) is 5.10 Å². The Labute approximate surface area is 150 Å². The summed E-state index contributed by atoms with van der Waals surface area (Å²) in [6.45, 7) is 3.75. The van der Waals surface area contributed by atoms with E-state index in [2.05, 4.69) is 15.4 Å². The van der Waals surface area contributed by atoms with Crippen molar-refractivity contribution in [2.45, 2.75) is 13.8 Å². The Bertz CT molecular complexity index is 956. The molecule has 3 rings (SSSR count). The van der Waals surface area contributed by atoms with Gasteiger partial charge in [0.2, 0.25) is 5.75 Å². The molecule has 0 aliphatic carbocycles. The van der Waals surface area contributed by atoms with Gasteiger partial charge in [0.1, 0.15) is 5.69 Å². The fraction of sp³-hybridized carbons (Fsp3) is 0.278. The Balaban J connectivity index is 1.95. The van der Waals surface area contributed by atoms with Gasteiger partial charge in [0.15, 0.2) is 17.1 Å². The van der Waals surface area contributed by atoms with E-state index in [1.165, 1.54) is 21.3 Å². The first kappa shape index (κ1) is 17.5. The Morgan fingerprint density at radius 3 is 2.23 bits per heavy atom. The normalized spacial score (nSPS) is 10.7. The molecule has 136 valence electrons. The number of hydrogen-bond donors (Lipinski definition) is 1. The van der Waals surface area contributed by atoms with Gasteiger partial charge in [0.05, 0.1) is 27.0 Å². The SMILES string of the molecule is COc1cc(NC(=O)c2cc(C)n3nc(C)cc3n2)cc(OC)c1OC. The Morgan fingerprint density at radius 1 is 1.00 bits per heavy atom. The van der Waals surface area contributed by atoms with Crippen LogP contribution in [0.4, 0.5) is 5.69 Å². The van der Waals surface area contributed by atoms with Gasteiger partial charge in [0, 0.05) is 29.6 Å². The van der Waals surface area contributed by atoms with E-state index in [1.54, 1.807) is 22.7 Å². The molecule has 0 saturated heterocycles. The molecule has 1 amide bonds. The summed E-state index contributed by atoms with van der Waals surface area (Å²) in [5.74, 6) is 1.02. The van der Waals surface area contributed by atoms with Crippen molar-refractivity contribution >= 4 is 17.2 Å². The van der Waals surface area contributed by atoms with Gasteiger partial charge in [-0.05, 0) is 19.9 Å². The third kappa shape index (κ3) is 3.13. The van der Waals surface area contributed by atoms with Gasteiger partial charge in [-0.15, -0.1) is 0 Å². The zero-order valence-electron chi connectivity index (χ0n) is 15.3. The Kier molecular flexibility index (Phi) is 4.66. The molecule has 0 spiro atoms. The number of benzene rings is 1. The molecule has 3 aromatic rings. The molecule has 26 heavy (non-hydrogen) atoms. The van der Waals surface area contributed by atoms with Crippen LogP contribution >= 0.6 is 0 Å². The van der Waals surface area contributed by atoms with E-state index >= 15 is 0 Å². The highest BCUT2D eigenvalue weighted by Gasteiger charge is 2.17. The molecule has 8 nitrogen and oxygen atoms in total. The van der Waals surface area contributed by atoms with Crippen LogP contribution in [-0.2, 0) is 0 Å². The van der Waals surface area contributed by atoms with Gasteiger partial charge in [-0.25, -0.2) is 9.50 Å². The number of ether oxygens (including phenoxy) is 3. The van der Waals surface area contributed by atoms with E-state index in [4.69, 9.17) is 14.2 Å². The Hall–Kier alpha value is -3.29. The topological polar surface area (TPSA) is 87.0 Å². The number of anilines is 1. The van der Waals surface area contributed by atoms with E-state index < -0.39 is 0 Å². The summed E-state index contributed by atoms with van der Waals surface area (Å²) in [7, 11) is 4.56. The molecule has 2 aromatic heterocycles. The Morgan fingerprint density at radius 2 is 1.65 bits per heavy atom. The largest absolute Gasteiger partial charge is 0.493 e. The molecule has 1 N–H and O–H groups in total. The minimum absolute atomic E-state index is 0.295. The quantitative estimate of drug-likeness (QED) is 0.756. The summed E-state index contributed by atoms with van der Waals surface area (Å²) >= 11 is 0. The van der Waals surface area contributed by atoms with Crippen LogP contribution in [0.2, 0.25) is 0 Å². The highest BCUT2D eigenvalue weighted by Crippen LogP contribution is 2.40. The molecule has 0 fully saturated rings. The summed E-state index contributed by atoms with van der Waals surface area (Å²) in [5.41, 5.74) is 3.08. The maximum atomic E-state index is 12.7. The van der Waals surface area contributed by atoms with Crippen molar-refractivity contribution in [1.82, 2.24) is 14.6 Å². The number of nitrogens with zero attached hydrogens (tertiary/aromatic N) is 3. The number of nitrogens with one attached hydrogen (secondary N) is 1. The lowest BCUT2D eigenvalue weighted by Crippen LogP contribution is -2.15. The second-order valence-corrected chi connectivity index (χ2v) is 5.71. The molecule has 0 aliphatic heterocycles. The summed E-state index contributed by atoms with van der Waals surface area (Å²) in [6, 6.07) is 6.83. The number of aromatic nitrogens is 3. The maximum absolute atomic E-state index is 12.7. The maximum Gasteiger partial charge on any atom is 0.274 e. The number of fused-ring (bicyclic) bond motifs is 1. The number of hydrogen-bond acceptors (Lipinski definition) is 6. The van der Waals surface area contributed by atoms with E-state index in [-0.39, 0.29) is 5.91 Å². The van der Waals surface area contributed by atoms with Crippen LogP contribution in [0, 0.1) is 13.8 Å². The molecule has 0 aliphatic rings. The van der Waals surface area contributed by atoms with Crippen molar-refractivity contribution in [3.8, 4) is 17.2 Å². The van der Waals surface area contributed by atoms with E-state index in [0.29, 0.717) is 34.3 Å². The van der Waals surface area contributed by atoms with Crippen LogP contribution in [0.25, 0.3) is 5.65 Å². The van der Waals surface area contributed by atoms with Crippen molar-refractivity contribution in [2.24, 2.45) is 0 Å². The lowest BCUT2D eigenvalue weighted by Gasteiger charge is -2.14. The minimum Gasteiger partial charge on any atom is -0.493 e. The predicted octanol–water partition coefficient (Wildman–Crippen LogP) is 2.62. The second kappa shape index (κ2) is 6.91. The van der Waals surface area contributed by atoms with Crippen LogP contribution in [0.3, 0.4) is 0 Å². The molecule has 0 unspecified atom stereocenters. The lowest BCUT2D eigenvalue weighted by molar-refractivity contribution is 0.102. The van der Waals surface area contributed by atoms with Crippen LogP contribution in [0.1, 0.15) is 21.9 Å². The van der Waals surface area contributed by atoms with Gasteiger partial charge < -0.3 is 19.5 Å². The summed E-state index contributed by atoms with van der Waals surface area (Å²) < 4.78 is 17.6. The molecule has 0 atom stereocenters. The van der Waals surface area contributed by atoms with Crippen LogP contribution in [-0.4, -0.2) is 41.8 Å². The fourth-order valence-electron chi connectivity index (χ4n) is 2.70. The van der Waals surface area contributed by atoms with Crippen LogP contribution in [0.15, 0.2) is 24.3 Å². The summed E-state index contributed by atoms with van der Waals surface area (Å²) in [5, 5.41) is 7.15. The average molecular weight is 356 g/mol. The average Bonchev–Trinajstić information content (AvgIpc) is 3.01. The summed E-state index contributed by atoms with van der Waals surface area (Å²) in [6.07, 6.45) is 0. The monoisotopic (exact) mass is 356 g/mol. The molecule has 2 heterocycles. The number of rotatable bonds is 5. The fourth-order valence-corrected chi connectivity index (χ4v) is 2.70. The standard InChI is InChI=1S/C18H20N4O4/c1-10-6-16-20-13(7-11(2)22(16)21-10)18(23)19-12-8-14(24-3)17(26-5)15(9-12)25-4/h6-9H,1-5H3,(H,19,23). The lowest BCUT2D eigenvalue weighted by atomic mass is 10.2. The number of carbonyl (C=O) groups excluding carboxylic acids is 1. The second-order valence-electron chi connectivity index (χ2n) is 5.71. The first-order valence-corrected chi connectivity index (χ1v) is 7.92. The highest BCUT2D eigenvalue weighted by atomic mass is 16.5. The number of carbonyl (C=O) groups is 1. The first-order valence-electron chi connectivity index (χ1n) is 7.92. The van der Waals surface area contributed by atoms with Gasteiger partial charge >= 0.3 is 0 Å². The van der Waals surface area contributed by atoms with E-state index in [0.717, 1.165) is 11.4 Å². The van der Waals surface area contributed by atoms with Crippen molar-refractivity contribution in [2.75, 3.05) is 26.6 Å². The van der Waals surface area contributed by atoms with E-state index in [9.17, 15) is 4.79 Å². The smallest absolute Gasteiger partial charge is 0.274 e. The molecular formula is C18H20N4O4. The third-order valence-electron chi connectivity index (χ3n) is 3.88.